The molecule has 1 fully saturated rings. The van der Waals surface area contributed by atoms with Crippen molar-refractivity contribution in [3.05, 3.63) is 34.9 Å². The highest BCUT2D eigenvalue weighted by atomic mass is 35.5. The van der Waals surface area contributed by atoms with Gasteiger partial charge in [-0.1, -0.05) is 23.7 Å². The maximum atomic E-state index is 5.92. The molecule has 3 heteroatoms. The second-order valence-corrected chi connectivity index (χ2v) is 5.79. The fourth-order valence-electron chi connectivity index (χ4n) is 2.54. The lowest BCUT2D eigenvalue weighted by atomic mass is 10.0. The van der Waals surface area contributed by atoms with Crippen molar-refractivity contribution in [1.29, 1.82) is 0 Å². The van der Waals surface area contributed by atoms with Gasteiger partial charge in [-0.05, 0) is 70.1 Å². The van der Waals surface area contributed by atoms with Gasteiger partial charge in [0.25, 0.3) is 0 Å². The van der Waals surface area contributed by atoms with Crippen LogP contribution in [0.3, 0.4) is 0 Å². The zero-order valence-corrected chi connectivity index (χ0v) is 12.1. The zero-order chi connectivity index (χ0) is 13.0. The summed E-state index contributed by atoms with van der Waals surface area (Å²) in [5, 5.41) is 4.24. The number of halogens is 1. The van der Waals surface area contributed by atoms with Crippen LogP contribution in [0.15, 0.2) is 24.3 Å². The van der Waals surface area contributed by atoms with E-state index in [-0.39, 0.29) is 0 Å². The van der Waals surface area contributed by atoms with Crippen LogP contribution in [0.1, 0.15) is 31.4 Å². The summed E-state index contributed by atoms with van der Waals surface area (Å²) < 4.78 is 0. The SMILES string of the molecule is CC(c1ccc(Cl)cc1)N(C)CCC1CCNC1. The van der Waals surface area contributed by atoms with Gasteiger partial charge in [0.15, 0.2) is 0 Å². The summed E-state index contributed by atoms with van der Waals surface area (Å²) >= 11 is 5.92. The van der Waals surface area contributed by atoms with Crippen molar-refractivity contribution >= 4 is 11.6 Å². The predicted octanol–water partition coefficient (Wildman–Crippen LogP) is 3.33. The van der Waals surface area contributed by atoms with Crippen LogP contribution >= 0.6 is 11.6 Å². The Hall–Kier alpha value is -0.570. The molecule has 0 bridgehead atoms. The average Bonchev–Trinajstić information content (AvgIpc) is 2.89. The van der Waals surface area contributed by atoms with Crippen LogP contribution in [0.5, 0.6) is 0 Å². The second-order valence-electron chi connectivity index (χ2n) is 5.36. The van der Waals surface area contributed by atoms with Gasteiger partial charge in [0.05, 0.1) is 0 Å². The molecule has 2 unspecified atom stereocenters. The van der Waals surface area contributed by atoms with E-state index < -0.39 is 0 Å². The Morgan fingerprint density at radius 3 is 2.72 bits per heavy atom. The fraction of sp³-hybridized carbons (Fsp3) is 0.600. The molecule has 0 spiro atoms. The first-order valence-electron chi connectivity index (χ1n) is 6.83. The standard InChI is InChI=1S/C15H23ClN2/c1-12(14-3-5-15(16)6-4-14)18(2)10-8-13-7-9-17-11-13/h3-6,12-13,17H,7-11H2,1-2H3. The van der Waals surface area contributed by atoms with Crippen LogP contribution in [0, 0.1) is 5.92 Å². The summed E-state index contributed by atoms with van der Waals surface area (Å²) in [7, 11) is 2.21. The Morgan fingerprint density at radius 1 is 1.39 bits per heavy atom. The summed E-state index contributed by atoms with van der Waals surface area (Å²) in [6.07, 6.45) is 2.63. The van der Waals surface area contributed by atoms with Gasteiger partial charge >= 0.3 is 0 Å². The smallest absolute Gasteiger partial charge is 0.0406 e. The van der Waals surface area contributed by atoms with Gasteiger partial charge in [-0.15, -0.1) is 0 Å². The van der Waals surface area contributed by atoms with Crippen molar-refractivity contribution in [2.45, 2.75) is 25.8 Å². The molecule has 0 aliphatic carbocycles. The lowest BCUT2D eigenvalue weighted by Crippen LogP contribution is -2.25. The Labute approximate surface area is 115 Å². The van der Waals surface area contributed by atoms with E-state index in [2.05, 4.69) is 36.3 Å². The summed E-state index contributed by atoms with van der Waals surface area (Å²) in [6.45, 7) is 5.82. The molecular weight excluding hydrogens is 244 g/mol. The molecule has 1 aromatic rings. The lowest BCUT2D eigenvalue weighted by Gasteiger charge is -2.26. The maximum absolute atomic E-state index is 5.92. The molecule has 1 aliphatic heterocycles. The van der Waals surface area contributed by atoms with E-state index >= 15 is 0 Å². The molecule has 0 saturated carbocycles. The van der Waals surface area contributed by atoms with Crippen molar-refractivity contribution in [2.24, 2.45) is 5.92 Å². The first-order valence-corrected chi connectivity index (χ1v) is 7.21. The molecule has 2 nitrogen and oxygen atoms in total. The Balaban J connectivity index is 1.83. The van der Waals surface area contributed by atoms with Crippen LogP contribution in [0.4, 0.5) is 0 Å². The monoisotopic (exact) mass is 266 g/mol. The predicted molar refractivity (Wildman–Crippen MR) is 78.1 cm³/mol. The van der Waals surface area contributed by atoms with Gasteiger partial charge in [-0.2, -0.15) is 0 Å². The van der Waals surface area contributed by atoms with Crippen molar-refractivity contribution in [3.8, 4) is 0 Å². The minimum Gasteiger partial charge on any atom is -0.316 e. The minimum absolute atomic E-state index is 0.455. The number of hydrogen-bond donors (Lipinski definition) is 1. The molecular formula is C15H23ClN2. The van der Waals surface area contributed by atoms with Gasteiger partial charge in [0.1, 0.15) is 0 Å². The molecule has 1 aliphatic rings. The Bertz CT molecular complexity index is 357. The number of rotatable bonds is 5. The van der Waals surface area contributed by atoms with Crippen LogP contribution in [0.25, 0.3) is 0 Å². The van der Waals surface area contributed by atoms with Crippen molar-refractivity contribution in [2.75, 3.05) is 26.7 Å². The second kappa shape index (κ2) is 6.55. The highest BCUT2D eigenvalue weighted by Crippen LogP contribution is 2.22. The van der Waals surface area contributed by atoms with E-state index in [1.165, 1.54) is 31.5 Å². The third-order valence-electron chi connectivity index (χ3n) is 4.07. The largest absolute Gasteiger partial charge is 0.316 e. The molecule has 0 amide bonds. The van der Waals surface area contributed by atoms with E-state index in [1.54, 1.807) is 0 Å². The number of nitrogens with zero attached hydrogens (tertiary/aromatic N) is 1. The third-order valence-corrected chi connectivity index (χ3v) is 4.32. The van der Waals surface area contributed by atoms with E-state index in [4.69, 9.17) is 11.6 Å². The summed E-state index contributed by atoms with van der Waals surface area (Å²) in [6, 6.07) is 8.66. The van der Waals surface area contributed by atoms with Gasteiger partial charge in [-0.25, -0.2) is 0 Å². The first-order chi connectivity index (χ1) is 8.66. The first kappa shape index (κ1) is 13.9. The van der Waals surface area contributed by atoms with Crippen LogP contribution < -0.4 is 5.32 Å². The van der Waals surface area contributed by atoms with Crippen LogP contribution in [0.2, 0.25) is 5.02 Å². The normalized spacial score (nSPS) is 21.4. The highest BCUT2D eigenvalue weighted by Gasteiger charge is 2.17. The van der Waals surface area contributed by atoms with Gasteiger partial charge in [0.2, 0.25) is 0 Å². The highest BCUT2D eigenvalue weighted by molar-refractivity contribution is 6.30. The van der Waals surface area contributed by atoms with Gasteiger partial charge < -0.3 is 5.32 Å². The number of hydrogen-bond acceptors (Lipinski definition) is 2. The fourth-order valence-corrected chi connectivity index (χ4v) is 2.66. The van der Waals surface area contributed by atoms with E-state index in [0.29, 0.717) is 6.04 Å². The summed E-state index contributed by atoms with van der Waals surface area (Å²) in [4.78, 5) is 2.43. The number of nitrogens with one attached hydrogen (secondary N) is 1. The molecule has 100 valence electrons. The third kappa shape index (κ3) is 3.71. The molecule has 0 aromatic heterocycles. The molecule has 0 radical (unpaired) electrons. The minimum atomic E-state index is 0.455. The Kier molecular flexibility index (Phi) is 5.04. The molecule has 2 atom stereocenters. The van der Waals surface area contributed by atoms with E-state index in [9.17, 15) is 0 Å². The molecule has 18 heavy (non-hydrogen) atoms. The van der Waals surface area contributed by atoms with Crippen molar-refractivity contribution < 1.29 is 0 Å². The molecule has 1 saturated heterocycles. The maximum Gasteiger partial charge on any atom is 0.0406 e. The van der Waals surface area contributed by atoms with Crippen molar-refractivity contribution in [3.63, 3.8) is 0 Å². The van der Waals surface area contributed by atoms with Gasteiger partial charge in [-0.3, -0.25) is 4.90 Å². The molecule has 2 rings (SSSR count). The topological polar surface area (TPSA) is 15.3 Å². The van der Waals surface area contributed by atoms with Crippen LogP contribution in [-0.4, -0.2) is 31.6 Å². The number of benzene rings is 1. The quantitative estimate of drug-likeness (QED) is 0.880. The van der Waals surface area contributed by atoms with Crippen molar-refractivity contribution in [1.82, 2.24) is 10.2 Å². The summed E-state index contributed by atoms with van der Waals surface area (Å²) in [5.74, 6) is 0.866. The van der Waals surface area contributed by atoms with Gasteiger partial charge in [0, 0.05) is 11.1 Å². The van der Waals surface area contributed by atoms with Crippen LogP contribution in [-0.2, 0) is 0 Å². The molecule has 1 heterocycles. The molecule has 1 N–H and O–H groups in total. The molecule has 1 aromatic carbocycles. The van der Waals surface area contributed by atoms with E-state index in [0.717, 1.165) is 17.5 Å². The van der Waals surface area contributed by atoms with E-state index in [1.807, 2.05) is 12.1 Å². The Morgan fingerprint density at radius 2 is 2.11 bits per heavy atom. The average molecular weight is 267 g/mol. The lowest BCUT2D eigenvalue weighted by molar-refractivity contribution is 0.243. The zero-order valence-electron chi connectivity index (χ0n) is 11.3. The summed E-state index contributed by atoms with van der Waals surface area (Å²) in [5.41, 5.74) is 1.34.